The second-order valence-electron chi connectivity index (χ2n) is 5.16. The van der Waals surface area contributed by atoms with E-state index in [2.05, 4.69) is 15.5 Å². The van der Waals surface area contributed by atoms with Crippen LogP contribution in [0, 0.1) is 6.92 Å². The molecule has 7 heteroatoms. The van der Waals surface area contributed by atoms with Crippen molar-refractivity contribution in [3.8, 4) is 0 Å². The maximum absolute atomic E-state index is 12.7. The van der Waals surface area contributed by atoms with Gasteiger partial charge in [-0.1, -0.05) is 27.7 Å². The van der Waals surface area contributed by atoms with Crippen molar-refractivity contribution in [1.29, 1.82) is 0 Å². The Hall–Kier alpha value is -0.920. The molecule has 2 N–H and O–H groups in total. The van der Waals surface area contributed by atoms with E-state index in [-0.39, 0.29) is 6.04 Å². The third-order valence-corrected chi connectivity index (χ3v) is 5.24. The Morgan fingerprint density at radius 3 is 2.50 bits per heavy atom. The Morgan fingerprint density at radius 2 is 2.00 bits per heavy atom. The lowest BCUT2D eigenvalue weighted by Crippen LogP contribution is -2.33. The van der Waals surface area contributed by atoms with Crippen molar-refractivity contribution in [2.24, 2.45) is 0 Å². The summed E-state index contributed by atoms with van der Waals surface area (Å²) in [5.41, 5.74) is 1.16. The molecule has 0 amide bonds. The standard InChI is InChI=1S/C13H26N4O2S/c1-6-8-17(7-2)20(18,19)13-11(5)15-16-12(13)9-14-10(3)4/h10,14H,6-9H2,1-5H3,(H,15,16). The van der Waals surface area contributed by atoms with Crippen LogP contribution in [0.1, 0.15) is 45.5 Å². The summed E-state index contributed by atoms with van der Waals surface area (Å²) in [5.74, 6) is 0. The minimum absolute atomic E-state index is 0.278. The van der Waals surface area contributed by atoms with E-state index < -0.39 is 10.0 Å². The molecule has 0 aliphatic rings. The Morgan fingerprint density at radius 1 is 1.35 bits per heavy atom. The van der Waals surface area contributed by atoms with Gasteiger partial charge in [-0.2, -0.15) is 9.40 Å². The smallest absolute Gasteiger partial charge is 0.246 e. The van der Waals surface area contributed by atoms with Gasteiger partial charge < -0.3 is 5.32 Å². The summed E-state index contributed by atoms with van der Waals surface area (Å²) < 4.78 is 27.0. The minimum Gasteiger partial charge on any atom is -0.309 e. The first-order valence-electron chi connectivity index (χ1n) is 7.11. The fourth-order valence-corrected chi connectivity index (χ4v) is 3.93. The van der Waals surface area contributed by atoms with Crippen molar-refractivity contribution in [1.82, 2.24) is 19.8 Å². The largest absolute Gasteiger partial charge is 0.309 e. The maximum Gasteiger partial charge on any atom is 0.246 e. The van der Waals surface area contributed by atoms with Gasteiger partial charge in [0.05, 0.1) is 11.4 Å². The minimum atomic E-state index is -3.48. The van der Waals surface area contributed by atoms with Crippen molar-refractivity contribution in [2.75, 3.05) is 13.1 Å². The summed E-state index contributed by atoms with van der Waals surface area (Å²) in [6.07, 6.45) is 0.795. The Balaban J connectivity index is 3.13. The van der Waals surface area contributed by atoms with Gasteiger partial charge in [-0.25, -0.2) is 8.42 Å². The van der Waals surface area contributed by atoms with Crippen LogP contribution in [0.15, 0.2) is 4.90 Å². The highest BCUT2D eigenvalue weighted by atomic mass is 32.2. The summed E-state index contributed by atoms with van der Waals surface area (Å²) in [5, 5.41) is 10.1. The van der Waals surface area contributed by atoms with Gasteiger partial charge in [-0.05, 0) is 13.3 Å². The molecule has 1 rings (SSSR count). The quantitative estimate of drug-likeness (QED) is 0.765. The van der Waals surface area contributed by atoms with Gasteiger partial charge in [0, 0.05) is 25.7 Å². The van der Waals surface area contributed by atoms with Gasteiger partial charge in [-0.15, -0.1) is 0 Å². The Bertz CT molecular complexity index is 522. The average Bonchev–Trinajstić information content (AvgIpc) is 2.75. The molecule has 0 saturated heterocycles. The van der Waals surface area contributed by atoms with Crippen molar-refractivity contribution < 1.29 is 8.42 Å². The molecule has 0 aromatic carbocycles. The van der Waals surface area contributed by atoms with Crippen LogP contribution in [0.25, 0.3) is 0 Å². The summed E-state index contributed by atoms with van der Waals surface area (Å²) in [6, 6.07) is 0.278. The third kappa shape index (κ3) is 3.80. The molecular formula is C13H26N4O2S. The molecule has 0 aliphatic carbocycles. The number of hydrogen-bond acceptors (Lipinski definition) is 4. The second-order valence-corrected chi connectivity index (χ2v) is 7.03. The summed E-state index contributed by atoms with van der Waals surface area (Å²) in [6.45, 7) is 11.1. The van der Waals surface area contributed by atoms with Gasteiger partial charge >= 0.3 is 0 Å². The molecule has 20 heavy (non-hydrogen) atoms. The van der Waals surface area contributed by atoms with E-state index in [1.807, 2.05) is 27.7 Å². The summed E-state index contributed by atoms with van der Waals surface area (Å²) >= 11 is 0. The molecule has 0 aliphatic heterocycles. The molecule has 116 valence electrons. The van der Waals surface area contributed by atoms with Crippen molar-refractivity contribution in [2.45, 2.75) is 58.5 Å². The van der Waals surface area contributed by atoms with Gasteiger partial charge in [-0.3, -0.25) is 5.10 Å². The van der Waals surface area contributed by atoms with E-state index in [0.29, 0.717) is 35.9 Å². The highest BCUT2D eigenvalue weighted by Gasteiger charge is 2.29. The molecule has 6 nitrogen and oxygen atoms in total. The normalized spacial score (nSPS) is 12.6. The molecule has 0 unspecified atom stereocenters. The number of H-pyrrole nitrogens is 1. The van der Waals surface area contributed by atoms with Crippen LogP contribution >= 0.6 is 0 Å². The molecule has 0 atom stereocenters. The first-order valence-corrected chi connectivity index (χ1v) is 8.55. The van der Waals surface area contributed by atoms with Crippen LogP contribution in [0.4, 0.5) is 0 Å². The number of aromatic amines is 1. The molecule has 0 saturated carbocycles. The summed E-state index contributed by atoms with van der Waals surface area (Å²) in [7, 11) is -3.48. The van der Waals surface area contributed by atoms with E-state index >= 15 is 0 Å². The first-order chi connectivity index (χ1) is 9.34. The topological polar surface area (TPSA) is 78.1 Å². The number of sulfonamides is 1. The fraction of sp³-hybridized carbons (Fsp3) is 0.769. The number of hydrogen-bond donors (Lipinski definition) is 2. The van der Waals surface area contributed by atoms with Crippen LogP contribution in [0.3, 0.4) is 0 Å². The van der Waals surface area contributed by atoms with Gasteiger partial charge in [0.2, 0.25) is 10.0 Å². The monoisotopic (exact) mass is 302 g/mol. The Labute approximate surface area is 122 Å². The Kier molecular flexibility index (Phi) is 6.16. The molecule has 1 aromatic rings. The molecular weight excluding hydrogens is 276 g/mol. The fourth-order valence-electron chi connectivity index (χ4n) is 2.06. The van der Waals surface area contributed by atoms with Crippen molar-refractivity contribution in [3.05, 3.63) is 11.4 Å². The third-order valence-electron chi connectivity index (χ3n) is 3.06. The molecule has 0 spiro atoms. The van der Waals surface area contributed by atoms with E-state index in [9.17, 15) is 8.42 Å². The maximum atomic E-state index is 12.7. The number of nitrogens with zero attached hydrogens (tertiary/aromatic N) is 2. The number of nitrogens with one attached hydrogen (secondary N) is 2. The van der Waals surface area contributed by atoms with Crippen LogP contribution < -0.4 is 5.32 Å². The highest BCUT2D eigenvalue weighted by molar-refractivity contribution is 7.89. The van der Waals surface area contributed by atoms with Crippen LogP contribution in [-0.2, 0) is 16.6 Å². The SMILES string of the molecule is CCCN(CC)S(=O)(=O)c1c(CNC(C)C)n[nH]c1C. The molecule has 0 fully saturated rings. The average molecular weight is 302 g/mol. The van der Waals surface area contributed by atoms with Crippen molar-refractivity contribution >= 4 is 10.0 Å². The lowest BCUT2D eigenvalue weighted by molar-refractivity contribution is 0.425. The second kappa shape index (κ2) is 7.19. The lowest BCUT2D eigenvalue weighted by atomic mass is 10.3. The van der Waals surface area contributed by atoms with E-state index in [4.69, 9.17) is 0 Å². The predicted molar refractivity (Wildman–Crippen MR) is 80.0 cm³/mol. The molecule has 0 radical (unpaired) electrons. The molecule has 0 bridgehead atoms. The molecule has 1 aromatic heterocycles. The van der Waals surface area contributed by atoms with Crippen molar-refractivity contribution in [3.63, 3.8) is 0 Å². The van der Waals surface area contributed by atoms with Gasteiger partial charge in [0.25, 0.3) is 0 Å². The van der Waals surface area contributed by atoms with Crippen LogP contribution in [-0.4, -0.2) is 42.1 Å². The molecule has 1 heterocycles. The van der Waals surface area contributed by atoms with Crippen LogP contribution in [0.5, 0.6) is 0 Å². The van der Waals surface area contributed by atoms with E-state index in [1.54, 1.807) is 6.92 Å². The zero-order valence-corrected chi connectivity index (χ0v) is 13.8. The van der Waals surface area contributed by atoms with Gasteiger partial charge in [0.1, 0.15) is 4.90 Å². The number of aryl methyl sites for hydroxylation is 1. The highest BCUT2D eigenvalue weighted by Crippen LogP contribution is 2.22. The lowest BCUT2D eigenvalue weighted by Gasteiger charge is -2.20. The van der Waals surface area contributed by atoms with Gasteiger partial charge in [0.15, 0.2) is 0 Å². The van der Waals surface area contributed by atoms with E-state index in [0.717, 1.165) is 6.42 Å². The zero-order chi connectivity index (χ0) is 15.3. The number of aromatic nitrogens is 2. The zero-order valence-electron chi connectivity index (χ0n) is 13.0. The summed E-state index contributed by atoms with van der Waals surface area (Å²) in [4.78, 5) is 0.320. The van der Waals surface area contributed by atoms with E-state index in [1.165, 1.54) is 4.31 Å². The van der Waals surface area contributed by atoms with Crippen LogP contribution in [0.2, 0.25) is 0 Å². The first kappa shape index (κ1) is 17.1. The number of rotatable bonds is 8. The predicted octanol–water partition coefficient (Wildman–Crippen LogP) is 1.64.